The molecule has 0 bridgehead atoms. The summed E-state index contributed by atoms with van der Waals surface area (Å²) in [6, 6.07) is -1.42. The number of nitrogens with one attached hydrogen (secondary N) is 2. The van der Waals surface area contributed by atoms with Crippen LogP contribution in [-0.4, -0.2) is 87.5 Å². The van der Waals surface area contributed by atoms with E-state index in [9.17, 15) is 34.7 Å². The first-order valence-corrected chi connectivity index (χ1v) is 20.3. The molecule has 1 unspecified atom stereocenters. The van der Waals surface area contributed by atoms with Gasteiger partial charge < -0.3 is 40.5 Å². The van der Waals surface area contributed by atoms with Crippen molar-refractivity contribution < 1.29 is 39.2 Å². The summed E-state index contributed by atoms with van der Waals surface area (Å²) < 4.78 is 17.4. The number of hydrogen-bond acceptors (Lipinski definition) is 8. The van der Waals surface area contributed by atoms with E-state index in [1.807, 2.05) is 0 Å². The number of carbonyl (C=O) groups excluding carboxylic acids is 1. The molecule has 0 aromatic rings. The third-order valence-electron chi connectivity index (χ3n) is 8.87. The zero-order valence-electron chi connectivity index (χ0n) is 28.8. The van der Waals surface area contributed by atoms with Crippen molar-refractivity contribution in [2.75, 3.05) is 25.9 Å². The largest absolute Gasteiger partial charge is 0.395 e. The summed E-state index contributed by atoms with van der Waals surface area (Å²) in [7, 11) is -4.06. The van der Waals surface area contributed by atoms with Crippen LogP contribution >= 0.6 is 7.60 Å². The van der Waals surface area contributed by atoms with Gasteiger partial charge in [-0.2, -0.15) is 0 Å². The predicted molar refractivity (Wildman–Crippen MR) is 186 cm³/mol. The van der Waals surface area contributed by atoms with E-state index in [-0.39, 0.29) is 25.5 Å². The van der Waals surface area contributed by atoms with E-state index in [0.717, 1.165) is 19.3 Å². The summed E-state index contributed by atoms with van der Waals surface area (Å²) in [4.78, 5) is 22.1. The Balaban J connectivity index is 1.87. The molecule has 0 aromatic heterocycles. The van der Waals surface area contributed by atoms with E-state index in [4.69, 9.17) is 4.52 Å². The quantitative estimate of drug-likeness (QED) is 0.0269. The van der Waals surface area contributed by atoms with Crippen LogP contribution in [0, 0.1) is 0 Å². The van der Waals surface area contributed by atoms with Gasteiger partial charge in [0.25, 0.3) is 0 Å². The first-order valence-electron chi connectivity index (χ1n) is 18.5. The molecule has 7 N–H and O–H groups in total. The van der Waals surface area contributed by atoms with Crippen molar-refractivity contribution in [1.82, 2.24) is 10.6 Å². The molecule has 6 atom stereocenters. The Bertz CT molecular complexity index is 817. The summed E-state index contributed by atoms with van der Waals surface area (Å²) >= 11 is 0. The number of amides is 1. The topological polar surface area (TPSA) is 169 Å². The van der Waals surface area contributed by atoms with E-state index in [0.29, 0.717) is 19.4 Å². The van der Waals surface area contributed by atoms with Crippen LogP contribution in [0.1, 0.15) is 148 Å². The van der Waals surface area contributed by atoms with E-state index < -0.39 is 44.2 Å². The highest BCUT2D eigenvalue weighted by atomic mass is 31.2. The van der Waals surface area contributed by atoms with Crippen LogP contribution in [0.2, 0.25) is 0 Å². The number of aliphatic hydroxyl groups is 4. The summed E-state index contributed by atoms with van der Waals surface area (Å²) in [5.41, 5.74) is 0. The molecule has 0 spiro atoms. The van der Waals surface area contributed by atoms with Crippen molar-refractivity contribution in [2.24, 2.45) is 0 Å². The number of allylic oxidation sites excluding steroid dienone is 2. The number of rotatable bonds is 31. The van der Waals surface area contributed by atoms with Gasteiger partial charge in [0.1, 0.15) is 0 Å². The van der Waals surface area contributed by atoms with Gasteiger partial charge in [-0.05, 0) is 44.9 Å². The van der Waals surface area contributed by atoms with Gasteiger partial charge in [-0.1, -0.05) is 109 Å². The molecule has 1 rings (SSSR count). The smallest absolute Gasteiger partial charge is 0.330 e. The Morgan fingerprint density at radius 1 is 0.804 bits per heavy atom. The van der Waals surface area contributed by atoms with Gasteiger partial charge in [0.2, 0.25) is 5.91 Å². The van der Waals surface area contributed by atoms with E-state index in [1.54, 1.807) is 0 Å². The van der Waals surface area contributed by atoms with Crippen molar-refractivity contribution >= 4 is 13.5 Å². The predicted octanol–water partition coefficient (Wildman–Crippen LogP) is 5.88. The standard InChI is InChI=1S/C35H69N2O8P/c1-2-3-4-5-6-7-8-9-10-11-12-13-14-15-16-17-18-19-20-21-22-24-33(40)36-25-23-26-45-46(43,44)29-30(39)27-31-34(41)35(42)32(28-38)37-31/h9-10,30-32,34-35,37-39,41-42H,2-8,11-29H2,1H3,(H,36,40)(H,43,44)/b10-9-/t30-,31-,32-,34-,35-/m1/s1. The molecular formula is C35H69N2O8P. The van der Waals surface area contributed by atoms with Crippen LogP contribution in [0.15, 0.2) is 12.2 Å². The third-order valence-corrected chi connectivity index (χ3v) is 10.3. The lowest BCUT2D eigenvalue weighted by atomic mass is 10.0. The average Bonchev–Trinajstić information content (AvgIpc) is 3.28. The van der Waals surface area contributed by atoms with Gasteiger partial charge in [-0.3, -0.25) is 9.36 Å². The van der Waals surface area contributed by atoms with Crippen molar-refractivity contribution in [3.8, 4) is 0 Å². The summed E-state index contributed by atoms with van der Waals surface area (Å²) in [6.45, 7) is 2.20. The monoisotopic (exact) mass is 676 g/mol. The maximum absolute atomic E-state index is 12.3. The van der Waals surface area contributed by atoms with Crippen molar-refractivity contribution in [2.45, 2.75) is 179 Å². The summed E-state index contributed by atoms with van der Waals surface area (Å²) in [5, 5.41) is 44.8. The SMILES string of the molecule is CCCCCCCC/C=C\CCCCCCCCCCCCCC(=O)NCCCOP(=O)(O)C[C@H](O)C[C@H]1N[C@H](CO)[C@@H](O)[C@@H]1O. The molecule has 46 heavy (non-hydrogen) atoms. The highest BCUT2D eigenvalue weighted by Crippen LogP contribution is 2.43. The molecule has 0 saturated carbocycles. The third kappa shape index (κ3) is 22.7. The van der Waals surface area contributed by atoms with Gasteiger partial charge in [0, 0.05) is 19.0 Å². The lowest BCUT2D eigenvalue weighted by Gasteiger charge is -2.21. The Morgan fingerprint density at radius 3 is 1.83 bits per heavy atom. The molecule has 11 heteroatoms. The molecule has 0 aliphatic carbocycles. The van der Waals surface area contributed by atoms with Gasteiger partial charge in [-0.25, -0.2) is 0 Å². The molecular weight excluding hydrogens is 607 g/mol. The first-order chi connectivity index (χ1) is 22.2. The van der Waals surface area contributed by atoms with Crippen molar-refractivity contribution in [1.29, 1.82) is 0 Å². The van der Waals surface area contributed by atoms with Crippen LogP contribution in [0.3, 0.4) is 0 Å². The van der Waals surface area contributed by atoms with Crippen LogP contribution in [0.5, 0.6) is 0 Å². The fourth-order valence-corrected chi connectivity index (χ4v) is 7.22. The minimum Gasteiger partial charge on any atom is -0.395 e. The Morgan fingerprint density at radius 2 is 1.30 bits per heavy atom. The van der Waals surface area contributed by atoms with Gasteiger partial charge in [0.05, 0.1) is 43.7 Å². The Hall–Kier alpha value is -0.840. The maximum atomic E-state index is 12.3. The average molecular weight is 677 g/mol. The summed E-state index contributed by atoms with van der Waals surface area (Å²) in [6.07, 6.45) is 25.7. The lowest BCUT2D eigenvalue weighted by Crippen LogP contribution is -2.38. The van der Waals surface area contributed by atoms with Gasteiger partial charge in [-0.15, -0.1) is 0 Å². The molecule has 1 aliphatic rings. The highest BCUT2D eigenvalue weighted by molar-refractivity contribution is 7.52. The highest BCUT2D eigenvalue weighted by Gasteiger charge is 2.41. The zero-order chi connectivity index (χ0) is 33.9. The van der Waals surface area contributed by atoms with Gasteiger partial charge >= 0.3 is 7.60 Å². The summed E-state index contributed by atoms with van der Waals surface area (Å²) in [5.74, 6) is -0.0260. The molecule has 0 radical (unpaired) electrons. The molecule has 1 heterocycles. The van der Waals surface area contributed by atoms with Gasteiger partial charge in [0.15, 0.2) is 0 Å². The number of unbranched alkanes of at least 4 members (excludes halogenated alkanes) is 17. The zero-order valence-corrected chi connectivity index (χ0v) is 29.7. The number of hydrogen-bond donors (Lipinski definition) is 7. The maximum Gasteiger partial charge on any atom is 0.330 e. The van der Waals surface area contributed by atoms with Crippen LogP contribution in [0.25, 0.3) is 0 Å². The Labute approximate surface area is 279 Å². The second-order valence-corrected chi connectivity index (χ2v) is 15.1. The molecule has 1 fully saturated rings. The van der Waals surface area contributed by atoms with E-state index >= 15 is 0 Å². The molecule has 10 nitrogen and oxygen atoms in total. The number of carbonyl (C=O) groups is 1. The molecule has 1 amide bonds. The van der Waals surface area contributed by atoms with Crippen molar-refractivity contribution in [3.63, 3.8) is 0 Å². The molecule has 1 aliphatic heterocycles. The molecule has 272 valence electrons. The van der Waals surface area contributed by atoms with Crippen molar-refractivity contribution in [3.05, 3.63) is 12.2 Å². The number of aliphatic hydroxyl groups excluding tert-OH is 4. The van der Waals surface area contributed by atoms with Crippen LogP contribution < -0.4 is 10.6 Å². The minimum atomic E-state index is -4.06. The fraction of sp³-hybridized carbons (Fsp3) is 0.914. The molecule has 0 aromatic carbocycles. The van der Waals surface area contributed by atoms with E-state index in [2.05, 4.69) is 29.7 Å². The second-order valence-electron chi connectivity index (χ2n) is 13.2. The first kappa shape index (κ1) is 43.2. The van der Waals surface area contributed by atoms with E-state index in [1.165, 1.54) is 103 Å². The fourth-order valence-electron chi connectivity index (χ4n) is 6.02. The normalized spacial score (nSPS) is 22.0. The lowest BCUT2D eigenvalue weighted by molar-refractivity contribution is -0.121. The van der Waals surface area contributed by atoms with Crippen LogP contribution in [0.4, 0.5) is 0 Å². The second kappa shape index (κ2) is 28.0. The molecule has 1 saturated heterocycles. The minimum absolute atomic E-state index is 0.0260. The Kier molecular flexibility index (Phi) is 26.3. The van der Waals surface area contributed by atoms with Crippen LogP contribution in [-0.2, 0) is 13.9 Å².